The Balaban J connectivity index is 2.86. The summed E-state index contributed by atoms with van der Waals surface area (Å²) in [5, 5.41) is 2.58. The summed E-state index contributed by atoms with van der Waals surface area (Å²) in [7, 11) is 0. The Labute approximate surface area is 103 Å². The average molecular weight is 222 g/mol. The van der Waals surface area contributed by atoms with Crippen molar-refractivity contribution in [2.45, 2.75) is 20.8 Å². The van der Waals surface area contributed by atoms with E-state index in [2.05, 4.69) is 75.4 Å². The largest absolute Gasteiger partial charge is 0.0623 e. The van der Waals surface area contributed by atoms with Crippen molar-refractivity contribution >= 4 is 10.8 Å². The molecule has 0 fully saturated rings. The summed E-state index contributed by atoms with van der Waals surface area (Å²) in [5.74, 6) is 0. The minimum absolute atomic E-state index is 1.27. The lowest BCUT2D eigenvalue weighted by atomic mass is 10.0. The normalized spacial score (nSPS) is 10.1. The highest BCUT2D eigenvalue weighted by atomic mass is 14.0. The molecule has 0 heterocycles. The smallest absolute Gasteiger partial charge is 0.0179 e. The van der Waals surface area contributed by atoms with Crippen molar-refractivity contribution < 1.29 is 0 Å². The van der Waals surface area contributed by atoms with Crippen LogP contribution in [0.5, 0.6) is 0 Å². The van der Waals surface area contributed by atoms with Crippen LogP contribution in [-0.4, -0.2) is 0 Å². The Morgan fingerprint density at radius 1 is 0.588 bits per heavy atom. The molecular weight excluding hydrogens is 204 g/mol. The van der Waals surface area contributed by atoms with Crippen molar-refractivity contribution in [1.29, 1.82) is 0 Å². The molecule has 0 N–H and O–H groups in total. The summed E-state index contributed by atoms with van der Waals surface area (Å²) in [4.78, 5) is 0. The van der Waals surface area contributed by atoms with Crippen molar-refractivity contribution in [3.05, 3.63) is 71.3 Å². The van der Waals surface area contributed by atoms with Crippen molar-refractivity contribution in [3.63, 3.8) is 0 Å². The second-order valence-corrected chi connectivity index (χ2v) is 4.56. The monoisotopic (exact) mass is 222 g/mol. The lowest BCUT2D eigenvalue weighted by Crippen LogP contribution is -1.80. The van der Waals surface area contributed by atoms with Gasteiger partial charge in [0.05, 0.1) is 0 Å². The van der Waals surface area contributed by atoms with Gasteiger partial charge in [-0.1, -0.05) is 60.2 Å². The summed E-state index contributed by atoms with van der Waals surface area (Å²) < 4.78 is 0. The lowest BCUT2D eigenvalue weighted by Gasteiger charge is -2.02. The Kier molecular flexibility index (Phi) is 3.43. The Bertz CT molecular complexity index is 593. The van der Waals surface area contributed by atoms with Gasteiger partial charge in [0.15, 0.2) is 0 Å². The zero-order valence-electron chi connectivity index (χ0n) is 10.7. The van der Waals surface area contributed by atoms with Gasteiger partial charge in [0.1, 0.15) is 0 Å². The van der Waals surface area contributed by atoms with Crippen molar-refractivity contribution in [2.75, 3.05) is 0 Å². The van der Waals surface area contributed by atoms with Crippen LogP contribution >= 0.6 is 0 Å². The van der Waals surface area contributed by atoms with Crippen LogP contribution in [0.15, 0.2) is 54.6 Å². The first-order valence-electron chi connectivity index (χ1n) is 5.98. The van der Waals surface area contributed by atoms with Gasteiger partial charge < -0.3 is 0 Å². The first-order valence-corrected chi connectivity index (χ1v) is 5.98. The van der Waals surface area contributed by atoms with E-state index < -0.39 is 0 Å². The van der Waals surface area contributed by atoms with Gasteiger partial charge in [0.25, 0.3) is 0 Å². The Morgan fingerprint density at radius 3 is 1.88 bits per heavy atom. The summed E-state index contributed by atoms with van der Waals surface area (Å²) in [6, 6.07) is 19.3. The quantitative estimate of drug-likeness (QED) is 0.595. The van der Waals surface area contributed by atoms with E-state index in [1.165, 1.54) is 27.5 Å². The minimum atomic E-state index is 1.27. The average Bonchev–Trinajstić information content (AvgIpc) is 2.29. The molecule has 0 atom stereocenters. The number of benzene rings is 1. The predicted molar refractivity (Wildman–Crippen MR) is 75.8 cm³/mol. The van der Waals surface area contributed by atoms with Gasteiger partial charge >= 0.3 is 0 Å². The first kappa shape index (κ1) is 11.7. The molecule has 86 valence electrons. The van der Waals surface area contributed by atoms with Crippen molar-refractivity contribution in [1.82, 2.24) is 0 Å². The molecular formula is C17H18. The van der Waals surface area contributed by atoms with Crippen LogP contribution in [0, 0.1) is 20.8 Å². The summed E-state index contributed by atoms with van der Waals surface area (Å²) in [6.07, 6.45) is 0. The van der Waals surface area contributed by atoms with Gasteiger partial charge in [-0.15, -0.1) is 0 Å². The van der Waals surface area contributed by atoms with E-state index in [1.807, 2.05) is 0 Å². The van der Waals surface area contributed by atoms with E-state index in [-0.39, 0.29) is 0 Å². The van der Waals surface area contributed by atoms with Gasteiger partial charge in [0, 0.05) is 0 Å². The number of hydrogen-bond acceptors (Lipinski definition) is 0. The lowest BCUT2D eigenvalue weighted by molar-refractivity contribution is 1.36. The highest BCUT2D eigenvalue weighted by Crippen LogP contribution is 2.18. The second kappa shape index (κ2) is 5.01. The van der Waals surface area contributed by atoms with E-state index in [4.69, 9.17) is 0 Å². The van der Waals surface area contributed by atoms with E-state index in [0.717, 1.165) is 0 Å². The van der Waals surface area contributed by atoms with Gasteiger partial charge in [-0.25, -0.2) is 0 Å². The fraction of sp³-hybridized carbons (Fsp3) is 0.176. The maximum atomic E-state index is 2.26. The molecule has 0 bridgehead atoms. The van der Waals surface area contributed by atoms with E-state index >= 15 is 0 Å². The maximum Gasteiger partial charge on any atom is -0.0179 e. The van der Waals surface area contributed by atoms with Crippen molar-refractivity contribution in [3.8, 4) is 0 Å². The van der Waals surface area contributed by atoms with E-state index in [0.29, 0.717) is 0 Å². The van der Waals surface area contributed by atoms with Crippen LogP contribution in [0.3, 0.4) is 0 Å². The van der Waals surface area contributed by atoms with Gasteiger partial charge in [-0.3, -0.25) is 0 Å². The van der Waals surface area contributed by atoms with Crippen LogP contribution in [0.1, 0.15) is 16.7 Å². The molecule has 0 unspecified atom stereocenters. The molecule has 0 saturated heterocycles. The SMILES string of the molecule is Cc1ccccccc2cc(C)c(C)cc2c1. The third kappa shape index (κ3) is 2.85. The van der Waals surface area contributed by atoms with Crippen LogP contribution < -0.4 is 0 Å². The number of hydrogen-bond donors (Lipinski definition) is 0. The highest BCUT2D eigenvalue weighted by molar-refractivity contribution is 5.83. The molecule has 0 nitrogen and oxygen atoms in total. The molecule has 0 aliphatic rings. The Hall–Kier alpha value is -1.82. The zero-order chi connectivity index (χ0) is 12.3. The molecule has 0 aromatic heterocycles. The molecule has 17 heavy (non-hydrogen) atoms. The maximum absolute atomic E-state index is 2.26. The van der Waals surface area contributed by atoms with E-state index in [9.17, 15) is 0 Å². The molecule has 0 amide bonds. The standard InChI is InChI=1S/C17H18/c1-13-8-6-4-5-7-9-16-11-14(2)15(3)12-17(16)10-13/h4-12H,1-3H3. The van der Waals surface area contributed by atoms with E-state index in [1.54, 1.807) is 0 Å². The van der Waals surface area contributed by atoms with Crippen LogP contribution in [0.4, 0.5) is 0 Å². The third-order valence-corrected chi connectivity index (χ3v) is 3.05. The van der Waals surface area contributed by atoms with Gasteiger partial charge in [-0.2, -0.15) is 0 Å². The zero-order valence-corrected chi connectivity index (χ0v) is 10.7. The highest BCUT2D eigenvalue weighted by Gasteiger charge is 1.95. The summed E-state index contributed by atoms with van der Waals surface area (Å²) in [5.41, 5.74) is 3.96. The minimum Gasteiger partial charge on any atom is -0.0623 e. The van der Waals surface area contributed by atoms with Crippen LogP contribution in [-0.2, 0) is 0 Å². The molecule has 0 aliphatic carbocycles. The fourth-order valence-corrected chi connectivity index (χ4v) is 1.92. The molecule has 2 aromatic carbocycles. The van der Waals surface area contributed by atoms with Crippen molar-refractivity contribution in [2.24, 2.45) is 0 Å². The summed E-state index contributed by atoms with van der Waals surface area (Å²) >= 11 is 0. The topological polar surface area (TPSA) is 0 Å². The number of fused-ring (bicyclic) bond motifs is 1. The molecule has 0 saturated carbocycles. The second-order valence-electron chi connectivity index (χ2n) is 4.56. The third-order valence-electron chi connectivity index (χ3n) is 3.05. The number of aryl methyl sites for hydroxylation is 3. The number of rotatable bonds is 0. The Morgan fingerprint density at radius 2 is 1.18 bits per heavy atom. The predicted octanol–water partition coefficient (Wildman–Crippen LogP) is 4.89. The van der Waals surface area contributed by atoms with Gasteiger partial charge in [-0.05, 0) is 42.7 Å². The summed E-state index contributed by atoms with van der Waals surface area (Å²) in [6.45, 7) is 6.46. The molecule has 0 spiro atoms. The molecule has 0 aliphatic heterocycles. The first-order chi connectivity index (χ1) is 8.16. The van der Waals surface area contributed by atoms with Crippen LogP contribution in [0.2, 0.25) is 0 Å². The van der Waals surface area contributed by atoms with Crippen LogP contribution in [0.25, 0.3) is 10.8 Å². The molecule has 0 heteroatoms. The molecule has 0 radical (unpaired) electrons. The van der Waals surface area contributed by atoms with Gasteiger partial charge in [0.2, 0.25) is 0 Å². The fourth-order valence-electron chi connectivity index (χ4n) is 1.92. The molecule has 2 rings (SSSR count). The molecule has 2 aromatic rings.